The molecule has 0 unspecified atom stereocenters. The number of nitrogens with zero attached hydrogens (tertiary/aromatic N) is 4. The van der Waals surface area contributed by atoms with Crippen LogP contribution in [-0.4, -0.2) is 25.8 Å². The zero-order valence-electron chi connectivity index (χ0n) is 46.9. The number of rotatable bonds is 3. The normalized spacial score (nSPS) is 13.0. The van der Waals surface area contributed by atoms with Gasteiger partial charge < -0.3 is 19.1 Å². The van der Waals surface area contributed by atoms with Crippen molar-refractivity contribution in [3.63, 3.8) is 0 Å². The van der Waals surface area contributed by atoms with E-state index >= 15 is 0 Å². The molecule has 4 nitrogen and oxygen atoms in total. The van der Waals surface area contributed by atoms with Crippen molar-refractivity contribution in [2.75, 3.05) is 0 Å². The van der Waals surface area contributed by atoms with Crippen molar-refractivity contribution in [3.8, 4) is 45.0 Å². The average Bonchev–Trinajstić information content (AvgIpc) is 4.03. The summed E-state index contributed by atoms with van der Waals surface area (Å²) in [5, 5.41) is 5.34. The van der Waals surface area contributed by atoms with Gasteiger partial charge in [-0.2, -0.15) is 0 Å². The minimum atomic E-state index is -0.275. The van der Waals surface area contributed by atoms with Gasteiger partial charge in [-0.15, -0.1) is 65.2 Å². The predicted molar refractivity (Wildman–Crippen MR) is 320 cm³/mol. The van der Waals surface area contributed by atoms with Gasteiger partial charge in [0.2, 0.25) is 0 Å². The fraction of sp³-hybridized carbons (Fsp3) is 0.257. The summed E-state index contributed by atoms with van der Waals surface area (Å²) in [6.07, 6.45) is 3.69. The molecule has 77 heavy (non-hydrogen) atoms. The van der Waals surface area contributed by atoms with Crippen molar-refractivity contribution in [3.05, 3.63) is 197 Å². The quantitative estimate of drug-likeness (QED) is 0.131. The van der Waals surface area contributed by atoms with Crippen LogP contribution in [0.5, 0.6) is 0 Å². The van der Waals surface area contributed by atoms with Gasteiger partial charge in [0.05, 0.1) is 11.0 Å². The van der Waals surface area contributed by atoms with E-state index in [4.69, 9.17) is 4.98 Å². The van der Waals surface area contributed by atoms with Gasteiger partial charge in [0, 0.05) is 82.3 Å². The Bertz CT molecular complexity index is 3990. The van der Waals surface area contributed by atoms with Crippen LogP contribution in [0.1, 0.15) is 116 Å². The predicted octanol–water partition coefficient (Wildman–Crippen LogP) is 16.0. The fourth-order valence-corrected chi connectivity index (χ4v) is 11.7. The summed E-state index contributed by atoms with van der Waals surface area (Å²) in [5.74, 6) is -0.275. The third-order valence-electron chi connectivity index (χ3n) is 16.3. The minimum Gasteiger partial charge on any atom is -0.310 e. The molecule has 13 rings (SSSR count). The third-order valence-corrected chi connectivity index (χ3v) is 16.3. The van der Waals surface area contributed by atoms with Gasteiger partial charge in [-0.05, 0) is 151 Å². The first-order chi connectivity index (χ1) is 35.9. The van der Waals surface area contributed by atoms with E-state index in [9.17, 15) is 4.39 Å². The Kier molecular flexibility index (Phi) is 12.4. The van der Waals surface area contributed by atoms with Crippen LogP contribution in [0.3, 0.4) is 0 Å². The van der Waals surface area contributed by atoms with Gasteiger partial charge in [-0.1, -0.05) is 131 Å². The van der Waals surface area contributed by atoms with Gasteiger partial charge in [0.1, 0.15) is 0 Å². The molecular weight excluding hydrogens is 1120 g/mol. The van der Waals surface area contributed by atoms with Gasteiger partial charge in [0.25, 0.3) is 6.71 Å². The number of fused-ring (bicyclic) bond motifs is 10. The van der Waals surface area contributed by atoms with Crippen molar-refractivity contribution < 1.29 is 24.5 Å². The number of aryl methyl sites for hydroxylation is 2. The van der Waals surface area contributed by atoms with E-state index in [-0.39, 0.29) is 54.3 Å². The van der Waals surface area contributed by atoms with Crippen LogP contribution >= 0.6 is 0 Å². The molecule has 0 N–H and O–H groups in total. The maximum absolute atomic E-state index is 12.7. The Morgan fingerprint density at radius 2 is 1.03 bits per heavy atom. The van der Waals surface area contributed by atoms with E-state index in [1.165, 1.54) is 117 Å². The number of benzene rings is 7. The summed E-state index contributed by atoms with van der Waals surface area (Å²) in [4.78, 5) is 9.01. The SMILES string of the molecule is CC(C)(C)c1ccc2c(c1)c1cc(C(C)(C)C)cc3c1n2-c1cc(-c2cc[c-]c(-c4ccccn4)c2)cc2c1B3c1cc(C(C)(C)C)cc3c4cc(C(C)(C)C)ccc4n-2c13.Cc1cnc(-c2[c-]cc(F)cc2)cc1C.[Ir]. The molecule has 0 aliphatic carbocycles. The molecule has 7 heteroatoms. The first-order valence-corrected chi connectivity index (χ1v) is 26.9. The van der Waals surface area contributed by atoms with Crippen LogP contribution in [0.15, 0.2) is 146 Å². The Hall–Kier alpha value is -6.92. The molecule has 387 valence electrons. The molecule has 1 radical (unpaired) electrons. The van der Waals surface area contributed by atoms with Gasteiger partial charge in [-0.25, -0.2) is 0 Å². The fourth-order valence-electron chi connectivity index (χ4n) is 11.7. The largest absolute Gasteiger partial charge is 0.310 e. The molecule has 11 aromatic rings. The van der Waals surface area contributed by atoms with E-state index in [1.54, 1.807) is 6.07 Å². The van der Waals surface area contributed by atoms with Crippen molar-refractivity contribution >= 4 is 66.7 Å². The van der Waals surface area contributed by atoms with Crippen molar-refractivity contribution in [1.82, 2.24) is 19.1 Å². The van der Waals surface area contributed by atoms with Gasteiger partial charge in [0.15, 0.2) is 0 Å². The van der Waals surface area contributed by atoms with Crippen LogP contribution in [0, 0.1) is 31.8 Å². The molecule has 0 amide bonds. The summed E-state index contributed by atoms with van der Waals surface area (Å²) in [6, 6.07) is 55.1. The van der Waals surface area contributed by atoms with E-state index < -0.39 is 0 Å². The molecule has 0 atom stereocenters. The van der Waals surface area contributed by atoms with Crippen LogP contribution < -0.4 is 16.4 Å². The topological polar surface area (TPSA) is 35.6 Å². The summed E-state index contributed by atoms with van der Waals surface area (Å²) in [7, 11) is 0. The summed E-state index contributed by atoms with van der Waals surface area (Å²) >= 11 is 0. The summed E-state index contributed by atoms with van der Waals surface area (Å²) in [5.41, 5.74) is 25.6. The number of halogens is 1. The Labute approximate surface area is 468 Å². The molecule has 4 aromatic heterocycles. The van der Waals surface area contributed by atoms with Gasteiger partial charge >= 0.3 is 0 Å². The number of hydrogen-bond acceptors (Lipinski definition) is 2. The zero-order chi connectivity index (χ0) is 53.5. The van der Waals surface area contributed by atoms with Crippen molar-refractivity contribution in [2.24, 2.45) is 0 Å². The second kappa shape index (κ2) is 18.4. The van der Waals surface area contributed by atoms with E-state index in [0.717, 1.165) is 33.6 Å². The molecule has 6 heterocycles. The standard InChI is InChI=1S/C57H55BN3.C13H11FN.Ir/c1-54(2,3)36-19-21-47-40(27-36)42-29-38(56(7,8)9)31-44-52(42)60(47)49-25-35(33-16-15-17-34(24-33)46-18-13-14-23-59-46)26-50-51(49)58(44)45-32-39(57(10,11)12)30-43-41-28-37(55(4,5)6)20-22-48(41)61(50)53(43)45;1-9-7-13(15-8-10(9)2)11-3-5-12(14)6-4-11;/h13-16,18-32H,1-12H3;3,5-8H,1-2H3;/q2*-1;. The smallest absolute Gasteiger partial charge is 0.252 e. The molecule has 0 fully saturated rings. The summed E-state index contributed by atoms with van der Waals surface area (Å²) < 4.78 is 18.0. The maximum atomic E-state index is 12.7. The third kappa shape index (κ3) is 8.79. The maximum Gasteiger partial charge on any atom is 0.252 e. The van der Waals surface area contributed by atoms with Crippen LogP contribution in [-0.2, 0) is 41.8 Å². The van der Waals surface area contributed by atoms with Crippen LogP contribution in [0.2, 0.25) is 0 Å². The molecule has 2 aliphatic heterocycles. The van der Waals surface area contributed by atoms with Crippen molar-refractivity contribution in [2.45, 2.75) is 119 Å². The molecule has 0 saturated carbocycles. The van der Waals surface area contributed by atoms with E-state index in [0.29, 0.717) is 0 Å². The molecular formula is C70H66BFIrN4-2. The molecule has 2 aliphatic rings. The molecule has 0 saturated heterocycles. The van der Waals surface area contributed by atoms with Crippen LogP contribution in [0.25, 0.3) is 88.6 Å². The number of aromatic nitrogens is 4. The molecule has 0 bridgehead atoms. The monoisotopic (exact) mass is 1190 g/mol. The second-order valence-corrected chi connectivity index (χ2v) is 25.7. The second-order valence-electron chi connectivity index (χ2n) is 25.7. The molecule has 7 aromatic carbocycles. The van der Waals surface area contributed by atoms with E-state index in [1.807, 2.05) is 38.4 Å². The van der Waals surface area contributed by atoms with Crippen LogP contribution in [0.4, 0.5) is 4.39 Å². The Morgan fingerprint density at radius 3 is 1.51 bits per heavy atom. The van der Waals surface area contributed by atoms with Crippen molar-refractivity contribution in [1.29, 1.82) is 0 Å². The number of hydrogen-bond donors (Lipinski definition) is 0. The Morgan fingerprint density at radius 1 is 0.481 bits per heavy atom. The van der Waals surface area contributed by atoms with E-state index in [2.05, 4.69) is 212 Å². The minimum absolute atomic E-state index is 0. The zero-order valence-corrected chi connectivity index (χ0v) is 49.3. The summed E-state index contributed by atoms with van der Waals surface area (Å²) in [6.45, 7) is 32.3. The first kappa shape index (κ1) is 52.2. The number of pyridine rings is 2. The average molecular weight is 1190 g/mol. The molecule has 0 spiro atoms. The van der Waals surface area contributed by atoms with Gasteiger partial charge in [-0.3, -0.25) is 4.39 Å². The Balaban J connectivity index is 0.000000340. The first-order valence-electron chi connectivity index (χ1n) is 26.9.